The van der Waals surface area contributed by atoms with Crippen molar-refractivity contribution in [2.75, 3.05) is 11.8 Å². The number of sulfonamides is 1. The molecule has 0 aliphatic rings. The van der Waals surface area contributed by atoms with Gasteiger partial charge in [0.2, 0.25) is 5.88 Å². The summed E-state index contributed by atoms with van der Waals surface area (Å²) in [5, 5.41) is 19.6. The van der Waals surface area contributed by atoms with Gasteiger partial charge < -0.3 is 9.84 Å². The zero-order valence-electron chi connectivity index (χ0n) is 16.4. The van der Waals surface area contributed by atoms with E-state index in [1.807, 2.05) is 30.3 Å². The molecule has 0 spiro atoms. The van der Waals surface area contributed by atoms with E-state index in [0.717, 1.165) is 10.8 Å². The molecule has 1 heterocycles. The first-order valence-electron chi connectivity index (χ1n) is 9.22. The molecule has 3 aromatic carbocycles. The van der Waals surface area contributed by atoms with Gasteiger partial charge in [0.15, 0.2) is 5.82 Å². The third-order valence-corrected chi connectivity index (χ3v) is 5.90. The number of nitrogens with one attached hydrogen (secondary N) is 1. The second-order valence-electron chi connectivity index (χ2n) is 6.54. The lowest BCUT2D eigenvalue weighted by Crippen LogP contribution is -2.14. The van der Waals surface area contributed by atoms with Gasteiger partial charge in [0.25, 0.3) is 10.0 Å². The van der Waals surface area contributed by atoms with Gasteiger partial charge in [-0.15, -0.1) is 10.2 Å². The van der Waals surface area contributed by atoms with Crippen LogP contribution in [0.15, 0.2) is 82.7 Å². The summed E-state index contributed by atoms with van der Waals surface area (Å²) in [6.07, 6.45) is 1.56. The molecule has 9 heteroatoms. The number of aliphatic imine (C=N–C) groups is 1. The molecule has 31 heavy (non-hydrogen) atoms. The van der Waals surface area contributed by atoms with Crippen molar-refractivity contribution in [1.82, 2.24) is 10.2 Å². The van der Waals surface area contributed by atoms with Gasteiger partial charge in [0, 0.05) is 17.8 Å². The Hall–Kier alpha value is -3.98. The van der Waals surface area contributed by atoms with Crippen LogP contribution in [0.4, 0.5) is 11.5 Å². The molecule has 0 radical (unpaired) electrons. The SMILES string of the molecule is COc1ccc(NS(=O)(=O)c2ccc(/N=C/c3c(O)ccc4ccccc34)cc2)nn1. The molecule has 0 fully saturated rings. The summed E-state index contributed by atoms with van der Waals surface area (Å²) >= 11 is 0. The number of anilines is 1. The van der Waals surface area contributed by atoms with Crippen LogP contribution in [0, 0.1) is 0 Å². The number of hydrogen-bond donors (Lipinski definition) is 2. The molecule has 0 saturated carbocycles. The van der Waals surface area contributed by atoms with Crippen LogP contribution in [0.2, 0.25) is 0 Å². The molecule has 0 aliphatic carbocycles. The van der Waals surface area contributed by atoms with Crippen LogP contribution in [0.25, 0.3) is 10.8 Å². The number of ether oxygens (including phenoxy) is 1. The summed E-state index contributed by atoms with van der Waals surface area (Å²) < 4.78 is 32.4. The van der Waals surface area contributed by atoms with Crippen molar-refractivity contribution in [1.29, 1.82) is 0 Å². The van der Waals surface area contributed by atoms with E-state index in [4.69, 9.17) is 4.74 Å². The number of nitrogens with zero attached hydrogens (tertiary/aromatic N) is 3. The van der Waals surface area contributed by atoms with Gasteiger partial charge in [-0.2, -0.15) is 0 Å². The van der Waals surface area contributed by atoms with E-state index >= 15 is 0 Å². The zero-order valence-corrected chi connectivity index (χ0v) is 17.2. The highest BCUT2D eigenvalue weighted by molar-refractivity contribution is 7.92. The number of fused-ring (bicyclic) bond motifs is 1. The molecule has 4 aromatic rings. The van der Waals surface area contributed by atoms with Crippen molar-refractivity contribution in [2.24, 2.45) is 4.99 Å². The van der Waals surface area contributed by atoms with E-state index in [2.05, 4.69) is 19.9 Å². The fourth-order valence-corrected chi connectivity index (χ4v) is 3.95. The lowest BCUT2D eigenvalue weighted by atomic mass is 10.0. The summed E-state index contributed by atoms with van der Waals surface area (Å²) in [5.41, 5.74) is 1.13. The average Bonchev–Trinajstić information content (AvgIpc) is 2.79. The monoisotopic (exact) mass is 434 g/mol. The summed E-state index contributed by atoms with van der Waals surface area (Å²) in [4.78, 5) is 4.43. The second-order valence-corrected chi connectivity index (χ2v) is 8.22. The minimum atomic E-state index is -3.84. The zero-order chi connectivity index (χ0) is 21.8. The molecule has 156 valence electrons. The summed E-state index contributed by atoms with van der Waals surface area (Å²) in [7, 11) is -2.39. The van der Waals surface area contributed by atoms with Crippen molar-refractivity contribution >= 4 is 38.5 Å². The van der Waals surface area contributed by atoms with Crippen LogP contribution in [0.5, 0.6) is 11.6 Å². The van der Waals surface area contributed by atoms with Crippen molar-refractivity contribution in [3.05, 3.63) is 78.4 Å². The third-order valence-electron chi connectivity index (χ3n) is 4.53. The maximum Gasteiger partial charge on any atom is 0.263 e. The van der Waals surface area contributed by atoms with Gasteiger partial charge in [-0.1, -0.05) is 30.3 Å². The Morgan fingerprint density at radius 1 is 0.968 bits per heavy atom. The fourth-order valence-electron chi connectivity index (χ4n) is 2.95. The number of benzene rings is 3. The molecule has 0 aliphatic heterocycles. The molecule has 2 N–H and O–H groups in total. The third kappa shape index (κ3) is 4.46. The number of methoxy groups -OCH3 is 1. The minimum Gasteiger partial charge on any atom is -0.507 e. The normalized spacial score (nSPS) is 11.6. The molecular weight excluding hydrogens is 416 g/mol. The average molecular weight is 434 g/mol. The predicted molar refractivity (Wildman–Crippen MR) is 119 cm³/mol. The first-order chi connectivity index (χ1) is 15.0. The molecule has 0 bridgehead atoms. The first-order valence-corrected chi connectivity index (χ1v) is 10.7. The molecule has 0 unspecified atom stereocenters. The largest absolute Gasteiger partial charge is 0.507 e. The lowest BCUT2D eigenvalue weighted by Gasteiger charge is -2.07. The topological polar surface area (TPSA) is 114 Å². The lowest BCUT2D eigenvalue weighted by molar-refractivity contribution is 0.392. The van der Waals surface area contributed by atoms with Crippen LogP contribution in [-0.4, -0.2) is 37.0 Å². The molecule has 1 aromatic heterocycles. The number of rotatable bonds is 6. The van der Waals surface area contributed by atoms with Gasteiger partial charge >= 0.3 is 0 Å². The number of aromatic nitrogens is 2. The van der Waals surface area contributed by atoms with E-state index in [1.165, 1.54) is 31.4 Å². The van der Waals surface area contributed by atoms with Crippen molar-refractivity contribution in [2.45, 2.75) is 4.90 Å². The highest BCUT2D eigenvalue weighted by atomic mass is 32.2. The van der Waals surface area contributed by atoms with Gasteiger partial charge in [-0.25, -0.2) is 8.42 Å². The van der Waals surface area contributed by atoms with Gasteiger partial charge in [-0.05, 0) is 47.2 Å². The maximum absolute atomic E-state index is 12.6. The summed E-state index contributed by atoms with van der Waals surface area (Å²) in [6, 6.07) is 20.1. The Morgan fingerprint density at radius 3 is 2.45 bits per heavy atom. The molecule has 8 nitrogen and oxygen atoms in total. The first kappa shape index (κ1) is 20.3. The van der Waals surface area contributed by atoms with Crippen LogP contribution in [0.3, 0.4) is 0 Å². The van der Waals surface area contributed by atoms with Gasteiger partial charge in [0.05, 0.1) is 17.7 Å². The van der Waals surface area contributed by atoms with E-state index in [1.54, 1.807) is 24.4 Å². The number of aromatic hydroxyl groups is 1. The van der Waals surface area contributed by atoms with Crippen LogP contribution in [0.1, 0.15) is 5.56 Å². The minimum absolute atomic E-state index is 0.0528. The van der Waals surface area contributed by atoms with Gasteiger partial charge in [-0.3, -0.25) is 9.71 Å². The highest BCUT2D eigenvalue weighted by Crippen LogP contribution is 2.26. The van der Waals surface area contributed by atoms with Crippen LogP contribution >= 0.6 is 0 Å². The highest BCUT2D eigenvalue weighted by Gasteiger charge is 2.15. The smallest absolute Gasteiger partial charge is 0.263 e. The fraction of sp³-hybridized carbons (Fsp3) is 0.0455. The number of phenolic OH excluding ortho intramolecular Hbond substituents is 1. The van der Waals surface area contributed by atoms with Crippen molar-refractivity contribution in [3.8, 4) is 11.6 Å². The number of phenols is 1. The molecule has 0 amide bonds. The van der Waals surface area contributed by atoms with E-state index < -0.39 is 10.0 Å². The Labute approximate surface area is 178 Å². The van der Waals surface area contributed by atoms with Crippen molar-refractivity contribution in [3.63, 3.8) is 0 Å². The quantitative estimate of drug-likeness (QED) is 0.445. The molecule has 4 rings (SSSR count). The Kier molecular flexibility index (Phi) is 5.50. The Bertz CT molecular complexity index is 1350. The predicted octanol–water partition coefficient (Wildman–Crippen LogP) is 3.90. The Morgan fingerprint density at radius 2 is 1.74 bits per heavy atom. The van der Waals surface area contributed by atoms with E-state index in [0.29, 0.717) is 11.3 Å². The molecular formula is C22H18N4O4S. The Balaban J connectivity index is 1.55. The second kappa shape index (κ2) is 8.41. The standard InChI is InChI=1S/C22H18N4O4S/c1-30-22-13-12-21(24-25-22)26-31(28,29)17-9-7-16(8-10-17)23-14-19-18-5-3-2-4-15(18)6-11-20(19)27/h2-14,27H,1H3,(H,24,26)/b23-14+. The van der Waals surface area contributed by atoms with E-state index in [-0.39, 0.29) is 22.3 Å². The van der Waals surface area contributed by atoms with Crippen molar-refractivity contribution < 1.29 is 18.3 Å². The molecule has 0 atom stereocenters. The van der Waals surface area contributed by atoms with Crippen LogP contribution in [-0.2, 0) is 10.0 Å². The molecule has 0 saturated heterocycles. The van der Waals surface area contributed by atoms with Crippen LogP contribution < -0.4 is 9.46 Å². The summed E-state index contributed by atoms with van der Waals surface area (Å²) in [6.45, 7) is 0. The summed E-state index contributed by atoms with van der Waals surface area (Å²) in [5.74, 6) is 0.475. The number of hydrogen-bond acceptors (Lipinski definition) is 7. The maximum atomic E-state index is 12.6. The van der Waals surface area contributed by atoms with Gasteiger partial charge in [0.1, 0.15) is 5.75 Å². The van der Waals surface area contributed by atoms with E-state index in [9.17, 15) is 13.5 Å².